The molecule has 21 heavy (non-hydrogen) atoms. The normalized spacial score (nSPS) is 18.0. The van der Waals surface area contributed by atoms with Crippen LogP contribution in [-0.4, -0.2) is 54.5 Å². The van der Waals surface area contributed by atoms with E-state index in [1.807, 2.05) is 29.2 Å². The number of piperazine rings is 1. The van der Waals surface area contributed by atoms with E-state index < -0.39 is 0 Å². The van der Waals surface area contributed by atoms with Crippen molar-refractivity contribution in [1.82, 2.24) is 9.80 Å². The van der Waals surface area contributed by atoms with Gasteiger partial charge < -0.3 is 10.6 Å². The maximum absolute atomic E-state index is 12.8. The molecule has 1 saturated heterocycles. The van der Waals surface area contributed by atoms with Crippen LogP contribution in [0, 0.1) is 11.8 Å². The predicted molar refractivity (Wildman–Crippen MR) is 85.0 cm³/mol. The van der Waals surface area contributed by atoms with E-state index in [9.17, 15) is 4.79 Å². The quantitative estimate of drug-likeness (QED) is 0.788. The number of benzene rings is 1. The smallest absolute Gasteiger partial charge is 0.255 e. The largest absolute Gasteiger partial charge is 0.335 e. The minimum absolute atomic E-state index is 0.00814. The highest BCUT2D eigenvalue weighted by atomic mass is 16.2. The predicted octanol–water partition coefficient (Wildman–Crippen LogP) is 1.16. The number of rotatable bonds is 1. The van der Waals surface area contributed by atoms with Crippen molar-refractivity contribution < 1.29 is 4.79 Å². The van der Waals surface area contributed by atoms with Crippen LogP contribution in [0.5, 0.6) is 0 Å². The zero-order valence-electron chi connectivity index (χ0n) is 13.0. The molecule has 0 unspecified atom stereocenters. The van der Waals surface area contributed by atoms with Crippen LogP contribution in [0.25, 0.3) is 0 Å². The maximum Gasteiger partial charge on any atom is 0.255 e. The molecule has 1 fully saturated rings. The monoisotopic (exact) mass is 285 g/mol. The molecule has 2 rings (SSSR count). The number of carbonyl (C=O) groups excluding carboxylic acids is 1. The van der Waals surface area contributed by atoms with Gasteiger partial charge in [-0.1, -0.05) is 24.0 Å². The van der Waals surface area contributed by atoms with Crippen LogP contribution in [0.4, 0.5) is 0 Å². The van der Waals surface area contributed by atoms with Crippen LogP contribution in [0.2, 0.25) is 0 Å². The van der Waals surface area contributed by atoms with Crippen LogP contribution >= 0.6 is 0 Å². The van der Waals surface area contributed by atoms with E-state index in [1.54, 1.807) is 0 Å². The summed E-state index contributed by atoms with van der Waals surface area (Å²) >= 11 is 0. The Bertz CT molecular complexity index is 583. The topological polar surface area (TPSA) is 49.6 Å². The first-order valence-corrected chi connectivity index (χ1v) is 7.24. The Morgan fingerprint density at radius 1 is 1.33 bits per heavy atom. The molecular weight excluding hydrogens is 262 g/mol. The maximum atomic E-state index is 12.8. The van der Waals surface area contributed by atoms with E-state index in [-0.39, 0.29) is 11.4 Å². The van der Waals surface area contributed by atoms with Gasteiger partial charge in [0, 0.05) is 30.7 Å². The van der Waals surface area contributed by atoms with Crippen LogP contribution < -0.4 is 5.73 Å². The Morgan fingerprint density at radius 3 is 2.71 bits per heavy atom. The van der Waals surface area contributed by atoms with E-state index >= 15 is 0 Å². The van der Waals surface area contributed by atoms with E-state index in [0.29, 0.717) is 12.1 Å². The number of carbonyl (C=O) groups is 1. The summed E-state index contributed by atoms with van der Waals surface area (Å²) in [6.07, 6.45) is 0. The van der Waals surface area contributed by atoms with Crippen LogP contribution in [0.1, 0.15) is 29.8 Å². The van der Waals surface area contributed by atoms with E-state index in [1.165, 1.54) is 0 Å². The molecule has 1 aliphatic rings. The third-order valence-electron chi connectivity index (χ3n) is 4.09. The van der Waals surface area contributed by atoms with E-state index in [4.69, 9.17) is 5.73 Å². The fraction of sp³-hybridized carbons (Fsp3) is 0.471. The zero-order chi connectivity index (χ0) is 15.5. The van der Waals surface area contributed by atoms with Gasteiger partial charge in [0.1, 0.15) is 0 Å². The fourth-order valence-electron chi connectivity index (χ4n) is 2.51. The van der Waals surface area contributed by atoms with Crippen molar-refractivity contribution in [3.8, 4) is 11.8 Å². The molecule has 1 aromatic carbocycles. The third-order valence-corrected chi connectivity index (χ3v) is 4.09. The van der Waals surface area contributed by atoms with Gasteiger partial charge >= 0.3 is 0 Å². The van der Waals surface area contributed by atoms with Crippen molar-refractivity contribution in [3.63, 3.8) is 0 Å². The summed E-state index contributed by atoms with van der Waals surface area (Å²) in [4.78, 5) is 17.0. The molecule has 4 heteroatoms. The standard InChI is InChI=1S/C17H23N3O/c1-17(2)13-20(12-11-19(17)3)16(21)15-9-5-4-7-14(15)8-6-10-18/h4-5,7,9H,10-13,18H2,1-3H3. The van der Waals surface area contributed by atoms with Gasteiger partial charge in [0.25, 0.3) is 5.91 Å². The minimum atomic E-state index is -0.00814. The molecule has 1 heterocycles. The molecule has 4 nitrogen and oxygen atoms in total. The molecule has 1 aliphatic heterocycles. The first-order chi connectivity index (χ1) is 9.95. The lowest BCUT2D eigenvalue weighted by Gasteiger charge is -2.45. The Morgan fingerprint density at radius 2 is 2.05 bits per heavy atom. The molecule has 0 saturated carbocycles. The average molecular weight is 285 g/mol. The number of nitrogens with two attached hydrogens (primary N) is 1. The molecule has 112 valence electrons. The molecule has 0 spiro atoms. The van der Waals surface area contributed by atoms with Gasteiger partial charge in [0.05, 0.1) is 12.1 Å². The molecule has 0 aromatic heterocycles. The van der Waals surface area contributed by atoms with E-state index in [0.717, 1.165) is 25.2 Å². The molecule has 0 aliphatic carbocycles. The van der Waals surface area contributed by atoms with Gasteiger partial charge in [-0.15, -0.1) is 0 Å². The summed E-state index contributed by atoms with van der Waals surface area (Å²) in [5.74, 6) is 5.87. The van der Waals surface area contributed by atoms with Crippen molar-refractivity contribution in [2.24, 2.45) is 5.73 Å². The van der Waals surface area contributed by atoms with Crippen LogP contribution in [0.15, 0.2) is 24.3 Å². The highest BCUT2D eigenvalue weighted by Gasteiger charge is 2.33. The second-order valence-electron chi connectivity index (χ2n) is 6.01. The van der Waals surface area contributed by atoms with Crippen LogP contribution in [0.3, 0.4) is 0 Å². The number of hydrogen-bond acceptors (Lipinski definition) is 3. The lowest BCUT2D eigenvalue weighted by molar-refractivity contribution is 0.0311. The van der Waals surface area contributed by atoms with Gasteiger partial charge in [-0.05, 0) is 33.0 Å². The summed E-state index contributed by atoms with van der Waals surface area (Å²) in [5, 5.41) is 0. The lowest BCUT2D eigenvalue weighted by atomic mass is 9.98. The lowest BCUT2D eigenvalue weighted by Crippen LogP contribution is -2.58. The van der Waals surface area contributed by atoms with Crippen molar-refractivity contribution in [2.75, 3.05) is 33.2 Å². The number of nitrogens with zero attached hydrogens (tertiary/aromatic N) is 2. The zero-order valence-corrected chi connectivity index (χ0v) is 13.0. The minimum Gasteiger partial charge on any atom is -0.335 e. The van der Waals surface area contributed by atoms with Crippen molar-refractivity contribution in [3.05, 3.63) is 35.4 Å². The summed E-state index contributed by atoms with van der Waals surface area (Å²) in [6, 6.07) is 7.48. The van der Waals surface area contributed by atoms with Crippen molar-refractivity contribution in [1.29, 1.82) is 0 Å². The fourth-order valence-corrected chi connectivity index (χ4v) is 2.51. The second kappa shape index (κ2) is 6.30. The summed E-state index contributed by atoms with van der Waals surface area (Å²) in [7, 11) is 2.10. The molecule has 1 aromatic rings. The summed E-state index contributed by atoms with van der Waals surface area (Å²) in [5.41, 5.74) is 6.83. The van der Waals surface area contributed by atoms with E-state index in [2.05, 4.69) is 37.6 Å². The number of hydrogen-bond donors (Lipinski definition) is 1. The second-order valence-corrected chi connectivity index (χ2v) is 6.01. The van der Waals surface area contributed by atoms with Gasteiger partial charge in [0.2, 0.25) is 0 Å². The van der Waals surface area contributed by atoms with Gasteiger partial charge in [-0.2, -0.15) is 0 Å². The average Bonchev–Trinajstić information content (AvgIpc) is 2.47. The highest BCUT2D eigenvalue weighted by Crippen LogP contribution is 2.21. The molecule has 2 N–H and O–H groups in total. The molecule has 1 amide bonds. The Balaban J connectivity index is 2.25. The Hall–Kier alpha value is -1.83. The van der Waals surface area contributed by atoms with Gasteiger partial charge in [0.15, 0.2) is 0 Å². The van der Waals surface area contributed by atoms with Crippen LogP contribution in [-0.2, 0) is 0 Å². The Kier molecular flexibility index (Phi) is 4.66. The van der Waals surface area contributed by atoms with Crippen molar-refractivity contribution in [2.45, 2.75) is 19.4 Å². The first kappa shape index (κ1) is 15.6. The summed E-state index contributed by atoms with van der Waals surface area (Å²) < 4.78 is 0. The molecular formula is C17H23N3O. The highest BCUT2D eigenvalue weighted by molar-refractivity contribution is 5.96. The summed E-state index contributed by atoms with van der Waals surface area (Å²) in [6.45, 7) is 6.97. The molecule has 0 bridgehead atoms. The SMILES string of the molecule is CN1CCN(C(=O)c2ccccc2C#CCN)CC1(C)C. The number of likely N-dealkylation sites (N-methyl/N-ethyl adjacent to an activating group) is 1. The Labute approximate surface area is 126 Å². The van der Waals surface area contributed by atoms with Gasteiger partial charge in [-0.3, -0.25) is 9.69 Å². The third kappa shape index (κ3) is 3.44. The van der Waals surface area contributed by atoms with Crippen molar-refractivity contribution >= 4 is 5.91 Å². The first-order valence-electron chi connectivity index (χ1n) is 7.24. The molecule has 0 radical (unpaired) electrons. The number of amides is 1. The van der Waals surface area contributed by atoms with Gasteiger partial charge in [-0.25, -0.2) is 0 Å². The molecule has 0 atom stereocenters.